The van der Waals surface area contributed by atoms with E-state index < -0.39 is 0 Å². The fraction of sp³-hybridized carbons (Fsp3) is 0.625. The van der Waals surface area contributed by atoms with Gasteiger partial charge in [-0.3, -0.25) is 0 Å². The lowest BCUT2D eigenvalue weighted by molar-refractivity contribution is 0.383. The highest BCUT2D eigenvalue weighted by molar-refractivity contribution is 5.23. The molecule has 17 heavy (non-hydrogen) atoms. The summed E-state index contributed by atoms with van der Waals surface area (Å²) in [6.07, 6.45) is 5.41. The van der Waals surface area contributed by atoms with Crippen molar-refractivity contribution in [3.8, 4) is 0 Å². The van der Waals surface area contributed by atoms with Crippen molar-refractivity contribution in [1.29, 1.82) is 0 Å². The lowest BCUT2D eigenvalue weighted by Gasteiger charge is -2.28. The third-order valence-electron chi connectivity index (χ3n) is 3.81. The maximum Gasteiger partial charge on any atom is 0.0138 e. The molecule has 1 aliphatic rings. The lowest BCUT2D eigenvalue weighted by Crippen LogP contribution is -2.35. The SMILES string of the molecule is CCCC(NCC)C(c1ccccc1)C1CC1. The second-order valence-corrected chi connectivity index (χ2v) is 5.23. The van der Waals surface area contributed by atoms with Crippen molar-refractivity contribution < 1.29 is 0 Å². The van der Waals surface area contributed by atoms with Gasteiger partial charge in [0.05, 0.1) is 0 Å². The van der Waals surface area contributed by atoms with E-state index in [1.54, 1.807) is 0 Å². The molecule has 0 amide bonds. The molecule has 1 N–H and O–H groups in total. The minimum Gasteiger partial charge on any atom is -0.314 e. The summed E-state index contributed by atoms with van der Waals surface area (Å²) in [6.45, 7) is 5.59. The Morgan fingerprint density at radius 2 is 1.88 bits per heavy atom. The summed E-state index contributed by atoms with van der Waals surface area (Å²) < 4.78 is 0. The molecular weight excluding hydrogens is 206 g/mol. The van der Waals surface area contributed by atoms with Crippen LogP contribution in [0.3, 0.4) is 0 Å². The molecule has 1 fully saturated rings. The van der Waals surface area contributed by atoms with E-state index in [1.165, 1.54) is 31.2 Å². The zero-order chi connectivity index (χ0) is 12.1. The molecule has 0 heterocycles. The average Bonchev–Trinajstić information content (AvgIpc) is 3.16. The van der Waals surface area contributed by atoms with Gasteiger partial charge in [-0.2, -0.15) is 0 Å². The number of rotatable bonds is 7. The molecule has 1 saturated carbocycles. The summed E-state index contributed by atoms with van der Waals surface area (Å²) in [5.74, 6) is 1.66. The molecule has 0 saturated heterocycles. The summed E-state index contributed by atoms with van der Waals surface area (Å²) >= 11 is 0. The summed E-state index contributed by atoms with van der Waals surface area (Å²) in [5, 5.41) is 3.70. The van der Waals surface area contributed by atoms with Crippen LogP contribution in [0.4, 0.5) is 0 Å². The molecule has 1 nitrogen and oxygen atoms in total. The van der Waals surface area contributed by atoms with Crippen molar-refractivity contribution in [3.05, 3.63) is 35.9 Å². The molecule has 0 aliphatic heterocycles. The van der Waals surface area contributed by atoms with E-state index in [-0.39, 0.29) is 0 Å². The Hall–Kier alpha value is -0.820. The van der Waals surface area contributed by atoms with Crippen LogP contribution in [-0.4, -0.2) is 12.6 Å². The lowest BCUT2D eigenvalue weighted by atomic mass is 9.85. The third-order valence-corrected chi connectivity index (χ3v) is 3.81. The van der Waals surface area contributed by atoms with E-state index in [2.05, 4.69) is 49.5 Å². The quantitative estimate of drug-likeness (QED) is 0.749. The summed E-state index contributed by atoms with van der Waals surface area (Å²) in [5.41, 5.74) is 1.54. The van der Waals surface area contributed by atoms with Gasteiger partial charge in [-0.15, -0.1) is 0 Å². The van der Waals surface area contributed by atoms with Crippen molar-refractivity contribution in [2.45, 2.75) is 51.5 Å². The van der Waals surface area contributed by atoms with E-state index in [0.717, 1.165) is 18.4 Å². The summed E-state index contributed by atoms with van der Waals surface area (Å²) in [7, 11) is 0. The Bertz CT molecular complexity index is 310. The third kappa shape index (κ3) is 3.32. The van der Waals surface area contributed by atoms with Crippen LogP contribution < -0.4 is 5.32 Å². The van der Waals surface area contributed by atoms with Gasteiger partial charge in [-0.1, -0.05) is 50.6 Å². The molecule has 2 unspecified atom stereocenters. The van der Waals surface area contributed by atoms with Gasteiger partial charge in [0.15, 0.2) is 0 Å². The number of benzene rings is 1. The normalized spacial score (nSPS) is 18.9. The van der Waals surface area contributed by atoms with Crippen LogP contribution in [0, 0.1) is 5.92 Å². The van der Waals surface area contributed by atoms with Gasteiger partial charge in [0.25, 0.3) is 0 Å². The highest BCUT2D eigenvalue weighted by atomic mass is 14.9. The molecule has 94 valence electrons. The number of likely N-dealkylation sites (N-methyl/N-ethyl adjacent to an activating group) is 1. The van der Waals surface area contributed by atoms with Gasteiger partial charge in [0, 0.05) is 12.0 Å². The molecule has 0 radical (unpaired) electrons. The zero-order valence-corrected chi connectivity index (χ0v) is 11.2. The molecule has 1 heteroatoms. The molecule has 1 aliphatic carbocycles. The highest BCUT2D eigenvalue weighted by Gasteiger charge is 2.36. The minimum absolute atomic E-state index is 0.667. The van der Waals surface area contributed by atoms with E-state index in [0.29, 0.717) is 6.04 Å². The predicted molar refractivity (Wildman–Crippen MR) is 74.3 cm³/mol. The van der Waals surface area contributed by atoms with Crippen molar-refractivity contribution in [3.63, 3.8) is 0 Å². The van der Waals surface area contributed by atoms with Crippen LogP contribution >= 0.6 is 0 Å². The fourth-order valence-electron chi connectivity index (χ4n) is 2.95. The molecule has 0 aromatic heterocycles. The Kier molecular flexibility index (Phi) is 4.61. The van der Waals surface area contributed by atoms with Gasteiger partial charge >= 0.3 is 0 Å². The maximum absolute atomic E-state index is 3.70. The Labute approximate surface area is 106 Å². The smallest absolute Gasteiger partial charge is 0.0138 e. The Balaban J connectivity index is 2.14. The highest BCUT2D eigenvalue weighted by Crippen LogP contribution is 2.45. The molecule has 0 spiro atoms. The molecule has 2 rings (SSSR count). The molecule has 1 aromatic carbocycles. The molecular formula is C16H25N. The first kappa shape index (κ1) is 12.6. The topological polar surface area (TPSA) is 12.0 Å². The van der Waals surface area contributed by atoms with Crippen molar-refractivity contribution in [2.75, 3.05) is 6.54 Å². The Morgan fingerprint density at radius 3 is 2.41 bits per heavy atom. The Morgan fingerprint density at radius 1 is 1.18 bits per heavy atom. The van der Waals surface area contributed by atoms with E-state index >= 15 is 0 Å². The summed E-state index contributed by atoms with van der Waals surface area (Å²) in [4.78, 5) is 0. The van der Waals surface area contributed by atoms with Gasteiger partial charge in [0.1, 0.15) is 0 Å². The summed E-state index contributed by atoms with van der Waals surface area (Å²) in [6, 6.07) is 11.8. The number of hydrogen-bond acceptors (Lipinski definition) is 1. The number of hydrogen-bond donors (Lipinski definition) is 1. The first-order valence-corrected chi connectivity index (χ1v) is 7.15. The van der Waals surface area contributed by atoms with Crippen LogP contribution in [0.1, 0.15) is 51.0 Å². The largest absolute Gasteiger partial charge is 0.314 e. The monoisotopic (exact) mass is 231 g/mol. The van der Waals surface area contributed by atoms with Crippen molar-refractivity contribution in [1.82, 2.24) is 5.32 Å². The van der Waals surface area contributed by atoms with Crippen LogP contribution in [0.15, 0.2) is 30.3 Å². The van der Waals surface area contributed by atoms with E-state index in [4.69, 9.17) is 0 Å². The first-order valence-electron chi connectivity index (χ1n) is 7.15. The fourth-order valence-corrected chi connectivity index (χ4v) is 2.95. The van der Waals surface area contributed by atoms with Gasteiger partial charge in [-0.25, -0.2) is 0 Å². The van der Waals surface area contributed by atoms with Gasteiger partial charge < -0.3 is 5.32 Å². The second kappa shape index (κ2) is 6.20. The first-order chi connectivity index (χ1) is 8.36. The van der Waals surface area contributed by atoms with E-state index in [9.17, 15) is 0 Å². The molecule has 0 bridgehead atoms. The standard InChI is InChI=1S/C16H25N/c1-3-8-15(17-4-2)16(14-11-12-14)13-9-6-5-7-10-13/h5-7,9-10,14-17H,3-4,8,11-12H2,1-2H3. The van der Waals surface area contributed by atoms with Crippen LogP contribution in [-0.2, 0) is 0 Å². The number of nitrogens with one attached hydrogen (secondary N) is 1. The van der Waals surface area contributed by atoms with E-state index in [1.807, 2.05) is 0 Å². The maximum atomic E-state index is 3.70. The van der Waals surface area contributed by atoms with Crippen LogP contribution in [0.2, 0.25) is 0 Å². The predicted octanol–water partition coefficient (Wildman–Crippen LogP) is 3.96. The van der Waals surface area contributed by atoms with Gasteiger partial charge in [-0.05, 0) is 37.3 Å². The zero-order valence-electron chi connectivity index (χ0n) is 11.2. The van der Waals surface area contributed by atoms with Crippen LogP contribution in [0.5, 0.6) is 0 Å². The average molecular weight is 231 g/mol. The minimum atomic E-state index is 0.667. The van der Waals surface area contributed by atoms with Crippen LogP contribution in [0.25, 0.3) is 0 Å². The van der Waals surface area contributed by atoms with Gasteiger partial charge in [0.2, 0.25) is 0 Å². The molecule has 1 aromatic rings. The van der Waals surface area contributed by atoms with Crippen molar-refractivity contribution in [2.24, 2.45) is 5.92 Å². The molecule has 2 atom stereocenters. The van der Waals surface area contributed by atoms with Crippen molar-refractivity contribution >= 4 is 0 Å². The second-order valence-electron chi connectivity index (χ2n) is 5.23.